The lowest BCUT2D eigenvalue weighted by Gasteiger charge is -2.28. The number of nitrogens with one attached hydrogen (secondary N) is 1. The third kappa shape index (κ3) is 3.26. The summed E-state index contributed by atoms with van der Waals surface area (Å²) in [6.45, 7) is 4.50. The van der Waals surface area contributed by atoms with Crippen molar-refractivity contribution in [3.05, 3.63) is 40.2 Å². The first-order chi connectivity index (χ1) is 10.1. The number of nitrogens with zero attached hydrogens (tertiary/aromatic N) is 2. The molecule has 1 aliphatic carbocycles. The van der Waals surface area contributed by atoms with E-state index in [-0.39, 0.29) is 12.1 Å². The molecule has 5 nitrogen and oxygen atoms in total. The Kier molecular flexibility index (Phi) is 3.96. The van der Waals surface area contributed by atoms with Crippen LogP contribution in [-0.2, 0) is 6.54 Å². The van der Waals surface area contributed by atoms with Crippen LogP contribution in [0.25, 0.3) is 0 Å². The molecule has 1 fully saturated rings. The molecule has 1 atom stereocenters. The fourth-order valence-corrected chi connectivity index (χ4v) is 3.15. The summed E-state index contributed by atoms with van der Waals surface area (Å²) in [6, 6.07) is 4.02. The van der Waals surface area contributed by atoms with Gasteiger partial charge in [-0.25, -0.2) is 9.78 Å². The molecular formula is C15H19N3O2S. The first-order valence-electron chi connectivity index (χ1n) is 7.16. The first kappa shape index (κ1) is 14.1. The number of aromatic nitrogens is 1. The zero-order chi connectivity index (χ0) is 14.8. The minimum atomic E-state index is -0.0457. The second-order valence-electron chi connectivity index (χ2n) is 5.33. The van der Waals surface area contributed by atoms with Gasteiger partial charge >= 0.3 is 6.03 Å². The standard InChI is InChI=1S/C15H19N3O2S/c1-10(14-4-3-7-20-14)18(12-5-6-12)15(19)17-9-13-8-16-11(2)21-13/h3-4,7-8,10,12H,5-6,9H2,1-2H3,(H,17,19)/t10-/m1/s1. The van der Waals surface area contributed by atoms with Crippen LogP contribution in [0.3, 0.4) is 0 Å². The summed E-state index contributed by atoms with van der Waals surface area (Å²) in [5.74, 6) is 0.825. The van der Waals surface area contributed by atoms with Crippen molar-refractivity contribution in [1.82, 2.24) is 15.2 Å². The highest BCUT2D eigenvalue weighted by atomic mass is 32.1. The van der Waals surface area contributed by atoms with Crippen LogP contribution in [0.15, 0.2) is 29.0 Å². The number of urea groups is 1. The molecule has 0 saturated heterocycles. The fourth-order valence-electron chi connectivity index (χ4n) is 2.42. The Morgan fingerprint density at radius 1 is 1.62 bits per heavy atom. The van der Waals surface area contributed by atoms with Crippen LogP contribution in [-0.4, -0.2) is 22.0 Å². The van der Waals surface area contributed by atoms with Gasteiger partial charge in [-0.15, -0.1) is 11.3 Å². The largest absolute Gasteiger partial charge is 0.467 e. The maximum absolute atomic E-state index is 12.5. The number of hydrogen-bond donors (Lipinski definition) is 1. The molecule has 0 aromatic carbocycles. The molecule has 112 valence electrons. The van der Waals surface area contributed by atoms with Crippen LogP contribution < -0.4 is 5.32 Å². The van der Waals surface area contributed by atoms with Crippen LogP contribution in [0.4, 0.5) is 4.79 Å². The molecule has 2 heterocycles. The second kappa shape index (κ2) is 5.89. The summed E-state index contributed by atoms with van der Waals surface area (Å²) >= 11 is 1.61. The number of furan rings is 1. The maximum atomic E-state index is 12.5. The van der Waals surface area contributed by atoms with E-state index < -0.39 is 0 Å². The normalized spacial score (nSPS) is 15.7. The number of amides is 2. The molecule has 2 amide bonds. The summed E-state index contributed by atoms with van der Waals surface area (Å²) in [7, 11) is 0. The van der Waals surface area contributed by atoms with E-state index in [1.54, 1.807) is 17.6 Å². The SMILES string of the molecule is Cc1ncc(CNC(=O)N(C2CC2)[C@H](C)c2ccco2)s1. The maximum Gasteiger partial charge on any atom is 0.318 e. The fraction of sp³-hybridized carbons (Fsp3) is 0.467. The lowest BCUT2D eigenvalue weighted by Crippen LogP contribution is -2.42. The zero-order valence-electron chi connectivity index (χ0n) is 12.2. The van der Waals surface area contributed by atoms with Crippen LogP contribution >= 0.6 is 11.3 Å². The monoisotopic (exact) mass is 305 g/mol. The number of hydrogen-bond acceptors (Lipinski definition) is 4. The molecule has 1 aliphatic rings. The highest BCUT2D eigenvalue weighted by Crippen LogP contribution is 2.34. The van der Waals surface area contributed by atoms with Crippen LogP contribution in [0.1, 0.15) is 41.5 Å². The Labute approximate surface area is 128 Å². The summed E-state index contributed by atoms with van der Waals surface area (Å²) in [5.41, 5.74) is 0. The van der Waals surface area contributed by atoms with Gasteiger partial charge in [0.1, 0.15) is 5.76 Å². The molecule has 0 spiro atoms. The third-order valence-electron chi connectivity index (χ3n) is 3.63. The predicted molar refractivity (Wildman–Crippen MR) is 81.1 cm³/mol. The van der Waals surface area contributed by atoms with E-state index in [1.165, 1.54) is 0 Å². The zero-order valence-corrected chi connectivity index (χ0v) is 13.0. The highest BCUT2D eigenvalue weighted by Gasteiger charge is 2.37. The molecule has 2 aromatic rings. The third-order valence-corrected chi connectivity index (χ3v) is 4.54. The van der Waals surface area contributed by atoms with Crippen molar-refractivity contribution >= 4 is 17.4 Å². The molecule has 1 N–H and O–H groups in total. The topological polar surface area (TPSA) is 58.4 Å². The predicted octanol–water partition coefficient (Wildman–Crippen LogP) is 3.48. The molecule has 0 bridgehead atoms. The molecular weight excluding hydrogens is 286 g/mol. The highest BCUT2D eigenvalue weighted by molar-refractivity contribution is 7.11. The molecule has 0 aliphatic heterocycles. The summed E-state index contributed by atoms with van der Waals surface area (Å²) in [6.07, 6.45) is 5.60. The second-order valence-corrected chi connectivity index (χ2v) is 6.65. The number of carbonyl (C=O) groups is 1. The van der Waals surface area contributed by atoms with Crippen LogP contribution in [0.5, 0.6) is 0 Å². The van der Waals surface area contributed by atoms with E-state index in [1.807, 2.05) is 37.1 Å². The smallest absolute Gasteiger partial charge is 0.318 e. The number of carbonyl (C=O) groups excluding carboxylic acids is 1. The lowest BCUT2D eigenvalue weighted by atomic mass is 10.2. The summed E-state index contributed by atoms with van der Waals surface area (Å²) in [4.78, 5) is 19.7. The molecule has 3 rings (SSSR count). The van der Waals surface area contributed by atoms with E-state index >= 15 is 0 Å². The van der Waals surface area contributed by atoms with Crippen LogP contribution in [0.2, 0.25) is 0 Å². The van der Waals surface area contributed by atoms with E-state index in [4.69, 9.17) is 4.42 Å². The van der Waals surface area contributed by atoms with E-state index in [9.17, 15) is 4.79 Å². The van der Waals surface area contributed by atoms with Crippen molar-refractivity contribution < 1.29 is 9.21 Å². The number of thiazole rings is 1. The summed E-state index contributed by atoms with van der Waals surface area (Å²) < 4.78 is 5.44. The average Bonchev–Trinajstić information content (AvgIpc) is 2.99. The molecule has 0 unspecified atom stereocenters. The molecule has 0 radical (unpaired) electrons. The van der Waals surface area contributed by atoms with Gasteiger partial charge in [0, 0.05) is 17.1 Å². The van der Waals surface area contributed by atoms with Gasteiger partial charge in [-0.2, -0.15) is 0 Å². The molecule has 1 saturated carbocycles. The van der Waals surface area contributed by atoms with Crippen molar-refractivity contribution in [1.29, 1.82) is 0 Å². The Hall–Kier alpha value is -1.82. The van der Waals surface area contributed by atoms with Gasteiger partial charge in [-0.05, 0) is 38.8 Å². The number of rotatable bonds is 5. The van der Waals surface area contributed by atoms with Gasteiger partial charge in [0.25, 0.3) is 0 Å². The van der Waals surface area contributed by atoms with Crippen molar-refractivity contribution in [3.63, 3.8) is 0 Å². The van der Waals surface area contributed by atoms with Gasteiger partial charge in [0.2, 0.25) is 0 Å². The quantitative estimate of drug-likeness (QED) is 0.920. The Bertz CT molecular complexity index is 604. The van der Waals surface area contributed by atoms with Crippen molar-refractivity contribution in [2.24, 2.45) is 0 Å². The Morgan fingerprint density at radius 2 is 2.43 bits per heavy atom. The minimum Gasteiger partial charge on any atom is -0.467 e. The van der Waals surface area contributed by atoms with Gasteiger partial charge in [0.15, 0.2) is 0 Å². The van der Waals surface area contributed by atoms with Crippen LogP contribution in [0, 0.1) is 6.92 Å². The van der Waals surface area contributed by atoms with Gasteiger partial charge < -0.3 is 14.6 Å². The molecule has 2 aromatic heterocycles. The number of aryl methyl sites for hydroxylation is 1. The van der Waals surface area contributed by atoms with E-state index in [2.05, 4.69) is 10.3 Å². The van der Waals surface area contributed by atoms with E-state index in [0.717, 1.165) is 28.5 Å². The minimum absolute atomic E-state index is 0.0348. The van der Waals surface area contributed by atoms with E-state index in [0.29, 0.717) is 12.6 Å². The average molecular weight is 305 g/mol. The van der Waals surface area contributed by atoms with Crippen molar-refractivity contribution in [2.75, 3.05) is 0 Å². The Morgan fingerprint density at radius 3 is 3.00 bits per heavy atom. The van der Waals surface area contributed by atoms with Crippen molar-refractivity contribution in [2.45, 2.75) is 45.3 Å². The van der Waals surface area contributed by atoms with Gasteiger partial charge in [-0.1, -0.05) is 0 Å². The Balaban J connectivity index is 1.65. The molecule has 21 heavy (non-hydrogen) atoms. The lowest BCUT2D eigenvalue weighted by molar-refractivity contribution is 0.166. The summed E-state index contributed by atoms with van der Waals surface area (Å²) in [5, 5.41) is 4.01. The van der Waals surface area contributed by atoms with Gasteiger partial charge in [0.05, 0.1) is 23.9 Å². The first-order valence-corrected chi connectivity index (χ1v) is 7.97. The van der Waals surface area contributed by atoms with Crippen molar-refractivity contribution in [3.8, 4) is 0 Å². The molecule has 6 heteroatoms. The van der Waals surface area contributed by atoms with Gasteiger partial charge in [-0.3, -0.25) is 0 Å².